The van der Waals surface area contributed by atoms with Crippen molar-refractivity contribution < 1.29 is 4.57 Å². The zero-order valence-corrected chi connectivity index (χ0v) is 4.26. The van der Waals surface area contributed by atoms with E-state index >= 15 is 0 Å². The standard InChI is InChI=1S/C3H6.H2OP/c1-2-3-1;1-2/h1-3H2;2H2/q;+1. The highest BCUT2D eigenvalue weighted by molar-refractivity contribution is 7.00. The molecule has 30 valence electrons. The lowest BCUT2D eigenvalue weighted by molar-refractivity contribution is 0.607. The van der Waals surface area contributed by atoms with Gasteiger partial charge in [-0.2, -0.15) is 0 Å². The van der Waals surface area contributed by atoms with Crippen LogP contribution in [0.2, 0.25) is 0 Å². The van der Waals surface area contributed by atoms with Crippen molar-refractivity contribution in [2.45, 2.75) is 19.3 Å². The Morgan fingerprint density at radius 3 is 1.20 bits per heavy atom. The van der Waals surface area contributed by atoms with Crippen LogP contribution in [0.4, 0.5) is 0 Å². The van der Waals surface area contributed by atoms with Gasteiger partial charge < -0.3 is 0 Å². The zero-order chi connectivity index (χ0) is 4.12. The third-order valence-corrected chi connectivity index (χ3v) is 0.354. The summed E-state index contributed by atoms with van der Waals surface area (Å²) in [5.41, 5.74) is 0. The number of hydrogen-bond donors (Lipinski definition) is 0. The molecule has 1 fully saturated rings. The Morgan fingerprint density at radius 1 is 1.00 bits per heavy atom. The summed E-state index contributed by atoms with van der Waals surface area (Å²) in [5, 5.41) is 0. The first-order valence-corrected chi connectivity index (χ1v) is 2.21. The van der Waals surface area contributed by atoms with Gasteiger partial charge in [0, 0.05) is 0 Å². The Bertz CT molecular complexity index is 18.1. The van der Waals surface area contributed by atoms with Gasteiger partial charge in [-0.25, -0.2) is 0 Å². The largest absolute Gasteiger partial charge is 0.310 e. The van der Waals surface area contributed by atoms with E-state index in [1.807, 2.05) is 0 Å². The summed E-state index contributed by atoms with van der Waals surface area (Å²) in [6, 6.07) is 0. The summed E-state index contributed by atoms with van der Waals surface area (Å²) in [7, 11) is 1.17. The highest BCUT2D eigenvalue weighted by Crippen LogP contribution is 2.14. The minimum Gasteiger partial charge on any atom is -0.0801 e. The van der Waals surface area contributed by atoms with Crippen LogP contribution in [-0.4, -0.2) is 0 Å². The first-order chi connectivity index (χ1) is 2.50. The maximum absolute atomic E-state index is 8.17. The quantitative estimate of drug-likeness (QED) is 0.411. The first kappa shape index (κ1) is 5.10. The summed E-state index contributed by atoms with van der Waals surface area (Å²) < 4.78 is 8.17. The third kappa shape index (κ3) is 14.9. The molecule has 0 bridgehead atoms. The van der Waals surface area contributed by atoms with E-state index in [0.29, 0.717) is 0 Å². The average molecular weight is 91.1 g/mol. The summed E-state index contributed by atoms with van der Waals surface area (Å²) in [4.78, 5) is 0. The molecule has 0 aromatic heterocycles. The van der Waals surface area contributed by atoms with Gasteiger partial charge in [-0.05, 0) is 0 Å². The van der Waals surface area contributed by atoms with E-state index in [-0.39, 0.29) is 0 Å². The van der Waals surface area contributed by atoms with Crippen LogP contribution in [0.1, 0.15) is 19.3 Å². The van der Waals surface area contributed by atoms with Gasteiger partial charge >= 0.3 is 9.12 Å². The second-order valence-electron chi connectivity index (χ2n) is 1.06. The van der Waals surface area contributed by atoms with Crippen molar-refractivity contribution in [1.82, 2.24) is 0 Å². The molecule has 0 aliphatic heterocycles. The Balaban J connectivity index is 0.0000000733. The summed E-state index contributed by atoms with van der Waals surface area (Å²) in [5.74, 6) is 0. The monoisotopic (exact) mass is 91.0 g/mol. The Hall–Kier alpha value is 0.100. The lowest BCUT2D eigenvalue weighted by Gasteiger charge is -1.05. The van der Waals surface area contributed by atoms with Gasteiger partial charge in [0.15, 0.2) is 0 Å². The molecule has 0 amide bonds. The predicted octanol–water partition coefficient (Wildman–Crippen LogP) is 1.38. The lowest BCUT2D eigenvalue weighted by atomic mass is 11.0. The van der Waals surface area contributed by atoms with Crippen molar-refractivity contribution in [2.24, 2.45) is 0 Å². The molecule has 0 saturated heterocycles. The van der Waals surface area contributed by atoms with Gasteiger partial charge in [0.1, 0.15) is 0 Å². The highest BCUT2D eigenvalue weighted by atomic mass is 31.0. The topological polar surface area (TPSA) is 17.1 Å². The smallest absolute Gasteiger partial charge is 0.0801 e. The second-order valence-corrected chi connectivity index (χ2v) is 1.06. The molecule has 1 rings (SSSR count). The Kier molecular flexibility index (Phi) is 4.18. The molecule has 0 aromatic carbocycles. The lowest BCUT2D eigenvalue weighted by Crippen LogP contribution is -0.856. The van der Waals surface area contributed by atoms with Crippen molar-refractivity contribution in [2.75, 3.05) is 0 Å². The summed E-state index contributed by atoms with van der Waals surface area (Å²) in [6.45, 7) is 0. The van der Waals surface area contributed by atoms with Crippen molar-refractivity contribution in [3.8, 4) is 0 Å². The number of rotatable bonds is 0. The third-order valence-electron chi connectivity index (χ3n) is 0.354. The first-order valence-electron chi connectivity index (χ1n) is 1.74. The van der Waals surface area contributed by atoms with Gasteiger partial charge in [-0.3, -0.25) is 0 Å². The fourth-order valence-electron chi connectivity index (χ4n) is 0. The molecule has 1 aliphatic rings. The Labute approximate surface area is 34.0 Å². The average Bonchev–Trinajstić information content (AvgIpc) is 2.19. The van der Waals surface area contributed by atoms with Gasteiger partial charge in [0.25, 0.3) is 0 Å². The van der Waals surface area contributed by atoms with Gasteiger partial charge in [-0.1, -0.05) is 23.8 Å². The molecular weight excluding hydrogens is 83.0 g/mol. The van der Waals surface area contributed by atoms with Crippen molar-refractivity contribution >= 4 is 9.12 Å². The molecule has 0 aromatic rings. The van der Waals surface area contributed by atoms with Gasteiger partial charge in [-0.15, -0.1) is 0 Å². The second kappa shape index (κ2) is 4.10. The van der Waals surface area contributed by atoms with E-state index < -0.39 is 0 Å². The van der Waals surface area contributed by atoms with Crippen LogP contribution >= 0.6 is 9.12 Å². The molecule has 1 nitrogen and oxygen atoms in total. The molecule has 1 aliphatic carbocycles. The van der Waals surface area contributed by atoms with Crippen molar-refractivity contribution in [3.05, 3.63) is 0 Å². The maximum Gasteiger partial charge on any atom is 0.310 e. The van der Waals surface area contributed by atoms with E-state index in [2.05, 4.69) is 0 Å². The van der Waals surface area contributed by atoms with E-state index in [9.17, 15) is 0 Å². The van der Waals surface area contributed by atoms with Gasteiger partial charge in [0.05, 0.1) is 0 Å². The molecule has 2 heteroatoms. The van der Waals surface area contributed by atoms with E-state index in [0.717, 1.165) is 0 Å². The van der Waals surface area contributed by atoms with E-state index in [4.69, 9.17) is 4.57 Å². The van der Waals surface area contributed by atoms with Gasteiger partial charge in [0.2, 0.25) is 0 Å². The van der Waals surface area contributed by atoms with Crippen LogP contribution in [0.15, 0.2) is 0 Å². The number of hydrogen-bond acceptors (Lipinski definition) is 1. The molecule has 0 N–H and O–H groups in total. The van der Waals surface area contributed by atoms with Crippen LogP contribution < -0.4 is 0 Å². The summed E-state index contributed by atoms with van der Waals surface area (Å²) >= 11 is 0. The van der Waals surface area contributed by atoms with Crippen LogP contribution in [0.5, 0.6) is 0 Å². The molecule has 1 unspecified atom stereocenters. The van der Waals surface area contributed by atoms with Crippen LogP contribution in [0, 0.1) is 0 Å². The van der Waals surface area contributed by atoms with Crippen LogP contribution in [0.25, 0.3) is 0 Å². The molecule has 5 heavy (non-hydrogen) atoms. The van der Waals surface area contributed by atoms with E-state index in [1.54, 1.807) is 0 Å². The van der Waals surface area contributed by atoms with Crippen LogP contribution in [0.3, 0.4) is 0 Å². The fraction of sp³-hybridized carbons (Fsp3) is 1.00. The van der Waals surface area contributed by atoms with Crippen molar-refractivity contribution in [1.29, 1.82) is 0 Å². The predicted molar refractivity (Wildman–Crippen MR) is 24.2 cm³/mol. The van der Waals surface area contributed by atoms with Crippen molar-refractivity contribution in [3.63, 3.8) is 0 Å². The minimum absolute atomic E-state index is 1.17. The molecule has 0 radical (unpaired) electrons. The SMILES string of the molecule is C1CC1.O=[PH2+]. The van der Waals surface area contributed by atoms with E-state index in [1.165, 1.54) is 28.4 Å². The molecule has 0 spiro atoms. The minimum atomic E-state index is 1.17. The molecule has 1 atom stereocenters. The zero-order valence-electron chi connectivity index (χ0n) is 3.11. The summed E-state index contributed by atoms with van der Waals surface area (Å²) in [6.07, 6.45) is 4.50. The molecule has 1 saturated carbocycles. The molecule has 0 heterocycles. The normalized spacial score (nSPS) is 15.2. The van der Waals surface area contributed by atoms with Crippen LogP contribution in [-0.2, 0) is 4.57 Å². The molecular formula is C3H8OP+. The maximum atomic E-state index is 8.17. The fourth-order valence-corrected chi connectivity index (χ4v) is 0. The highest BCUT2D eigenvalue weighted by Gasteiger charge is 1.95. The Morgan fingerprint density at radius 2 is 1.20 bits per heavy atom.